The third-order valence-corrected chi connectivity index (χ3v) is 5.25. The Hall–Kier alpha value is -2.30. The van der Waals surface area contributed by atoms with Crippen LogP contribution in [0.1, 0.15) is 22.5 Å². The molecule has 0 N–H and O–H groups in total. The van der Waals surface area contributed by atoms with Crippen LogP contribution in [0.3, 0.4) is 0 Å². The molecule has 0 radical (unpaired) electrons. The molecule has 28 heavy (non-hydrogen) atoms. The molecular weight excluding hydrogens is 410 g/mol. The van der Waals surface area contributed by atoms with Gasteiger partial charge in [0.2, 0.25) is 0 Å². The third kappa shape index (κ3) is 3.80. The molecule has 2 heterocycles. The molecule has 1 aliphatic heterocycles. The van der Waals surface area contributed by atoms with Crippen LogP contribution in [0.5, 0.6) is 5.75 Å². The van der Waals surface area contributed by atoms with Crippen LogP contribution in [0.2, 0.25) is 0 Å². The molecule has 0 spiro atoms. The number of thiazole rings is 1. The average molecular weight is 424 g/mol. The molecule has 4 nitrogen and oxygen atoms in total. The van der Waals surface area contributed by atoms with Crippen molar-refractivity contribution in [2.75, 3.05) is 13.1 Å². The smallest absolute Gasteiger partial charge is 0.404 e. The zero-order chi connectivity index (χ0) is 20.6. The summed E-state index contributed by atoms with van der Waals surface area (Å²) in [4.78, 5) is 17.0. The molecule has 11 heteroatoms. The van der Waals surface area contributed by atoms with Gasteiger partial charge in [0.1, 0.15) is 12.4 Å². The van der Waals surface area contributed by atoms with Crippen molar-refractivity contribution < 1.29 is 35.9 Å². The molecular formula is C17H14F6N2O2S. The Balaban J connectivity index is 1.69. The standard InChI is InChI=1S/C17H14F6N2O2S/c18-16(19,20)15(17(21,22)23)5-6-25(9-15)14(26)11-1-3-13(4-2-11)27-7-12-8-28-10-24-12/h1-4,8,10H,5-7,9H2. The highest BCUT2D eigenvalue weighted by atomic mass is 32.1. The van der Waals surface area contributed by atoms with Crippen molar-refractivity contribution in [2.45, 2.75) is 25.4 Å². The first-order chi connectivity index (χ1) is 13.0. The zero-order valence-corrected chi connectivity index (χ0v) is 15.0. The molecule has 2 aromatic rings. The first kappa shape index (κ1) is 20.4. The van der Waals surface area contributed by atoms with Gasteiger partial charge in [-0.25, -0.2) is 4.98 Å². The van der Waals surface area contributed by atoms with E-state index in [9.17, 15) is 31.1 Å². The van der Waals surface area contributed by atoms with Crippen LogP contribution >= 0.6 is 11.3 Å². The molecule has 152 valence electrons. The second kappa shape index (κ2) is 7.26. The number of carbonyl (C=O) groups excluding carboxylic acids is 1. The number of nitrogens with zero attached hydrogens (tertiary/aromatic N) is 2. The summed E-state index contributed by atoms with van der Waals surface area (Å²) in [6.45, 7) is -1.87. The number of benzene rings is 1. The van der Waals surface area contributed by atoms with Crippen LogP contribution in [0.4, 0.5) is 26.3 Å². The van der Waals surface area contributed by atoms with Crippen LogP contribution in [0, 0.1) is 5.41 Å². The van der Waals surface area contributed by atoms with E-state index in [0.29, 0.717) is 16.3 Å². The van der Waals surface area contributed by atoms with Gasteiger partial charge in [-0.15, -0.1) is 11.3 Å². The van der Waals surface area contributed by atoms with Crippen molar-refractivity contribution in [2.24, 2.45) is 5.41 Å². The summed E-state index contributed by atoms with van der Waals surface area (Å²) in [5.74, 6) is -0.493. The van der Waals surface area contributed by atoms with Gasteiger partial charge in [-0.3, -0.25) is 4.79 Å². The number of halogens is 6. The summed E-state index contributed by atoms with van der Waals surface area (Å²) in [7, 11) is 0. The summed E-state index contributed by atoms with van der Waals surface area (Å²) >= 11 is 1.40. The highest BCUT2D eigenvalue weighted by Crippen LogP contribution is 2.55. The number of aromatic nitrogens is 1. The maximum absolute atomic E-state index is 13.1. The predicted octanol–water partition coefficient (Wildman–Crippen LogP) is 4.68. The molecule has 1 aromatic carbocycles. The van der Waals surface area contributed by atoms with E-state index in [2.05, 4.69) is 4.98 Å². The first-order valence-electron chi connectivity index (χ1n) is 8.06. The Morgan fingerprint density at radius 3 is 2.29 bits per heavy atom. The Labute approximate surface area is 159 Å². The van der Waals surface area contributed by atoms with Gasteiger partial charge < -0.3 is 9.64 Å². The molecule has 1 fully saturated rings. The fourth-order valence-electron chi connectivity index (χ4n) is 2.95. The van der Waals surface area contributed by atoms with Crippen LogP contribution in [-0.4, -0.2) is 41.2 Å². The van der Waals surface area contributed by atoms with Crippen LogP contribution in [-0.2, 0) is 6.61 Å². The summed E-state index contributed by atoms with van der Waals surface area (Å²) < 4.78 is 84.2. The topological polar surface area (TPSA) is 42.4 Å². The Bertz CT molecular complexity index is 804. The summed E-state index contributed by atoms with van der Waals surface area (Å²) in [6.07, 6.45) is -12.2. The second-order valence-electron chi connectivity index (χ2n) is 6.35. The Kier molecular flexibility index (Phi) is 5.30. The number of amides is 1. The minimum Gasteiger partial charge on any atom is -0.487 e. The van der Waals surface area contributed by atoms with Gasteiger partial charge >= 0.3 is 12.4 Å². The molecule has 0 bridgehead atoms. The Morgan fingerprint density at radius 1 is 1.14 bits per heavy atom. The number of rotatable bonds is 4. The molecule has 1 aromatic heterocycles. The van der Waals surface area contributed by atoms with E-state index in [0.717, 1.165) is 0 Å². The van der Waals surface area contributed by atoms with E-state index in [4.69, 9.17) is 4.74 Å². The molecule has 3 rings (SSSR count). The highest BCUT2D eigenvalue weighted by molar-refractivity contribution is 7.07. The molecule has 1 amide bonds. The minimum atomic E-state index is -5.49. The van der Waals surface area contributed by atoms with Crippen molar-refractivity contribution in [3.8, 4) is 5.75 Å². The normalized spacial score (nSPS) is 17.0. The number of carbonyl (C=O) groups is 1. The summed E-state index contributed by atoms with van der Waals surface area (Å²) in [5.41, 5.74) is -1.57. The van der Waals surface area contributed by atoms with E-state index in [1.54, 1.807) is 10.9 Å². The first-order valence-corrected chi connectivity index (χ1v) is 9.00. The van der Waals surface area contributed by atoms with Crippen molar-refractivity contribution >= 4 is 17.2 Å². The van der Waals surface area contributed by atoms with E-state index in [1.807, 2.05) is 0 Å². The number of hydrogen-bond donors (Lipinski definition) is 0. The number of alkyl halides is 6. The largest absolute Gasteiger partial charge is 0.487 e. The predicted molar refractivity (Wildman–Crippen MR) is 88.0 cm³/mol. The fraction of sp³-hybridized carbons (Fsp3) is 0.412. The van der Waals surface area contributed by atoms with Crippen molar-refractivity contribution in [1.82, 2.24) is 9.88 Å². The SMILES string of the molecule is O=C(c1ccc(OCc2cscn2)cc1)N1CCC(C(F)(F)F)(C(F)(F)F)C1. The maximum Gasteiger partial charge on any atom is 0.404 e. The summed E-state index contributed by atoms with van der Waals surface area (Å²) in [6, 6.07) is 5.46. The summed E-state index contributed by atoms with van der Waals surface area (Å²) in [5, 5.41) is 1.79. The molecule has 0 atom stereocenters. The van der Waals surface area contributed by atoms with Crippen LogP contribution < -0.4 is 4.74 Å². The van der Waals surface area contributed by atoms with E-state index in [1.165, 1.54) is 35.6 Å². The van der Waals surface area contributed by atoms with E-state index >= 15 is 0 Å². The van der Waals surface area contributed by atoms with Gasteiger partial charge in [0.25, 0.3) is 5.91 Å². The number of hydrogen-bond acceptors (Lipinski definition) is 4. The van der Waals surface area contributed by atoms with Crippen molar-refractivity contribution in [3.05, 3.63) is 46.4 Å². The lowest BCUT2D eigenvalue weighted by molar-refractivity contribution is -0.334. The van der Waals surface area contributed by atoms with Gasteiger partial charge in [0, 0.05) is 24.0 Å². The average Bonchev–Trinajstić information content (AvgIpc) is 3.29. The van der Waals surface area contributed by atoms with Gasteiger partial charge in [-0.1, -0.05) is 0 Å². The molecule has 0 saturated carbocycles. The molecule has 1 saturated heterocycles. The van der Waals surface area contributed by atoms with Gasteiger partial charge in [-0.05, 0) is 30.7 Å². The third-order valence-electron chi connectivity index (χ3n) is 4.61. The maximum atomic E-state index is 13.1. The molecule has 0 unspecified atom stereocenters. The highest BCUT2D eigenvalue weighted by Gasteiger charge is 2.72. The Morgan fingerprint density at radius 2 is 1.79 bits per heavy atom. The minimum absolute atomic E-state index is 0.0128. The monoisotopic (exact) mass is 424 g/mol. The van der Waals surface area contributed by atoms with E-state index < -0.39 is 43.2 Å². The van der Waals surface area contributed by atoms with Gasteiger partial charge in [0.15, 0.2) is 5.41 Å². The van der Waals surface area contributed by atoms with Crippen LogP contribution in [0.15, 0.2) is 35.2 Å². The number of likely N-dealkylation sites (tertiary alicyclic amines) is 1. The van der Waals surface area contributed by atoms with Crippen molar-refractivity contribution in [3.63, 3.8) is 0 Å². The fourth-order valence-corrected chi connectivity index (χ4v) is 3.49. The quantitative estimate of drug-likeness (QED) is 0.670. The van der Waals surface area contributed by atoms with Crippen molar-refractivity contribution in [1.29, 1.82) is 0 Å². The van der Waals surface area contributed by atoms with E-state index in [-0.39, 0.29) is 12.2 Å². The van der Waals surface area contributed by atoms with Crippen LogP contribution in [0.25, 0.3) is 0 Å². The second-order valence-corrected chi connectivity index (χ2v) is 7.07. The lowest BCUT2D eigenvalue weighted by Crippen LogP contribution is -2.52. The zero-order valence-electron chi connectivity index (χ0n) is 14.2. The lowest BCUT2D eigenvalue weighted by Gasteiger charge is -2.33. The van der Waals surface area contributed by atoms with Gasteiger partial charge in [0.05, 0.1) is 11.2 Å². The lowest BCUT2D eigenvalue weighted by atomic mass is 9.85. The molecule has 0 aliphatic carbocycles. The number of ether oxygens (including phenoxy) is 1. The molecule has 1 aliphatic rings. The van der Waals surface area contributed by atoms with Gasteiger partial charge in [-0.2, -0.15) is 26.3 Å².